The zero-order chi connectivity index (χ0) is 14.6. The van der Waals surface area contributed by atoms with Gasteiger partial charge in [-0.1, -0.05) is 6.92 Å². The standard InChI is InChI=1S/C14H20N2O3S/c1-10-2-5-14(6-3-10,12(17)18)9-15-13(19)16-11-4-7-20-8-11/h4,7-8,10H,2-3,5-6,9H2,1H3,(H,17,18)(H2,15,16,19). The highest BCUT2D eigenvalue weighted by Crippen LogP contribution is 2.38. The largest absolute Gasteiger partial charge is 0.481 e. The SMILES string of the molecule is CC1CCC(CNC(=O)Nc2ccsc2)(C(=O)O)CC1. The van der Waals surface area contributed by atoms with Gasteiger partial charge in [0.15, 0.2) is 0 Å². The average molecular weight is 296 g/mol. The van der Waals surface area contributed by atoms with Crippen LogP contribution in [-0.2, 0) is 4.79 Å². The Morgan fingerprint density at radius 3 is 2.70 bits per heavy atom. The molecule has 1 aromatic rings. The topological polar surface area (TPSA) is 78.4 Å². The van der Waals surface area contributed by atoms with Gasteiger partial charge in [-0.05, 0) is 43.0 Å². The molecule has 1 aromatic heterocycles. The van der Waals surface area contributed by atoms with Gasteiger partial charge in [-0.3, -0.25) is 4.79 Å². The van der Waals surface area contributed by atoms with Gasteiger partial charge in [0.05, 0.1) is 11.1 Å². The van der Waals surface area contributed by atoms with Crippen molar-refractivity contribution in [1.29, 1.82) is 0 Å². The molecule has 0 atom stereocenters. The van der Waals surface area contributed by atoms with Gasteiger partial charge in [-0.25, -0.2) is 4.79 Å². The monoisotopic (exact) mass is 296 g/mol. The molecular formula is C14H20N2O3S. The van der Waals surface area contributed by atoms with Crippen LogP contribution in [-0.4, -0.2) is 23.7 Å². The highest BCUT2D eigenvalue weighted by molar-refractivity contribution is 7.08. The maximum Gasteiger partial charge on any atom is 0.319 e. The van der Waals surface area contributed by atoms with Crippen molar-refractivity contribution >= 4 is 29.0 Å². The van der Waals surface area contributed by atoms with Crippen molar-refractivity contribution in [1.82, 2.24) is 5.32 Å². The number of urea groups is 1. The van der Waals surface area contributed by atoms with E-state index in [0.717, 1.165) is 18.5 Å². The van der Waals surface area contributed by atoms with Crippen LogP contribution in [0.2, 0.25) is 0 Å². The normalized spacial score (nSPS) is 25.9. The van der Waals surface area contributed by atoms with Crippen LogP contribution in [0.1, 0.15) is 32.6 Å². The molecule has 1 aliphatic rings. The zero-order valence-electron chi connectivity index (χ0n) is 11.5. The minimum absolute atomic E-state index is 0.186. The zero-order valence-corrected chi connectivity index (χ0v) is 12.3. The summed E-state index contributed by atoms with van der Waals surface area (Å²) in [7, 11) is 0. The number of carboxylic acids is 1. The first kappa shape index (κ1) is 14.8. The van der Waals surface area contributed by atoms with Crippen molar-refractivity contribution in [2.45, 2.75) is 32.6 Å². The van der Waals surface area contributed by atoms with Crippen molar-refractivity contribution in [2.75, 3.05) is 11.9 Å². The number of thiophene rings is 1. The third-order valence-corrected chi connectivity index (χ3v) is 4.73. The van der Waals surface area contributed by atoms with E-state index in [0.29, 0.717) is 18.8 Å². The fourth-order valence-electron chi connectivity index (χ4n) is 2.54. The number of amides is 2. The molecule has 110 valence electrons. The van der Waals surface area contributed by atoms with Crippen LogP contribution in [0.15, 0.2) is 16.8 Å². The number of rotatable bonds is 4. The van der Waals surface area contributed by atoms with E-state index in [4.69, 9.17) is 0 Å². The molecule has 1 fully saturated rings. The summed E-state index contributed by atoms with van der Waals surface area (Å²) in [5.41, 5.74) is -0.0764. The maximum atomic E-state index is 11.8. The Hall–Kier alpha value is -1.56. The molecule has 0 unspecified atom stereocenters. The van der Waals surface area contributed by atoms with Crippen molar-refractivity contribution < 1.29 is 14.7 Å². The van der Waals surface area contributed by atoms with Gasteiger partial charge in [-0.15, -0.1) is 0 Å². The predicted octanol–water partition coefficient (Wildman–Crippen LogP) is 3.15. The summed E-state index contributed by atoms with van der Waals surface area (Å²) in [6, 6.07) is 1.46. The number of carboxylic acid groups (broad SMARTS) is 1. The first-order valence-electron chi connectivity index (χ1n) is 6.82. The Kier molecular flexibility index (Phi) is 4.65. The summed E-state index contributed by atoms with van der Waals surface area (Å²) >= 11 is 1.50. The number of anilines is 1. The van der Waals surface area contributed by atoms with E-state index in [9.17, 15) is 14.7 Å². The smallest absolute Gasteiger partial charge is 0.319 e. The van der Waals surface area contributed by atoms with E-state index in [-0.39, 0.29) is 12.6 Å². The van der Waals surface area contributed by atoms with Crippen LogP contribution < -0.4 is 10.6 Å². The Bertz CT molecular complexity index is 465. The van der Waals surface area contributed by atoms with E-state index in [1.54, 1.807) is 6.07 Å². The molecule has 0 aromatic carbocycles. The Morgan fingerprint density at radius 1 is 1.45 bits per heavy atom. The first-order chi connectivity index (χ1) is 9.52. The minimum atomic E-state index is -0.807. The third-order valence-electron chi connectivity index (χ3n) is 4.05. The van der Waals surface area contributed by atoms with Crippen LogP contribution in [0.3, 0.4) is 0 Å². The minimum Gasteiger partial charge on any atom is -0.481 e. The Morgan fingerprint density at radius 2 is 2.15 bits per heavy atom. The number of aliphatic carboxylic acids is 1. The lowest BCUT2D eigenvalue weighted by molar-refractivity contribution is -0.151. The van der Waals surface area contributed by atoms with E-state index >= 15 is 0 Å². The van der Waals surface area contributed by atoms with Crippen molar-refractivity contribution in [2.24, 2.45) is 11.3 Å². The second kappa shape index (κ2) is 6.26. The van der Waals surface area contributed by atoms with Gasteiger partial charge in [0.2, 0.25) is 0 Å². The number of nitrogens with one attached hydrogen (secondary N) is 2. The van der Waals surface area contributed by atoms with Gasteiger partial charge >= 0.3 is 12.0 Å². The molecule has 1 aliphatic carbocycles. The lowest BCUT2D eigenvalue weighted by atomic mass is 9.71. The molecule has 1 saturated carbocycles. The molecule has 0 aliphatic heterocycles. The molecule has 0 radical (unpaired) electrons. The van der Waals surface area contributed by atoms with E-state index < -0.39 is 11.4 Å². The third kappa shape index (κ3) is 3.50. The fraction of sp³-hybridized carbons (Fsp3) is 0.571. The van der Waals surface area contributed by atoms with Crippen molar-refractivity contribution in [3.63, 3.8) is 0 Å². The van der Waals surface area contributed by atoms with Crippen LogP contribution >= 0.6 is 11.3 Å². The van der Waals surface area contributed by atoms with E-state index in [1.165, 1.54) is 11.3 Å². The molecule has 20 heavy (non-hydrogen) atoms. The van der Waals surface area contributed by atoms with E-state index in [1.807, 2.05) is 10.8 Å². The van der Waals surface area contributed by atoms with Crippen molar-refractivity contribution in [3.05, 3.63) is 16.8 Å². The van der Waals surface area contributed by atoms with Crippen LogP contribution in [0, 0.1) is 11.3 Å². The molecule has 0 bridgehead atoms. The average Bonchev–Trinajstić information content (AvgIpc) is 2.91. The molecule has 0 spiro atoms. The van der Waals surface area contributed by atoms with Crippen LogP contribution in [0.5, 0.6) is 0 Å². The molecule has 5 nitrogen and oxygen atoms in total. The number of hydrogen-bond donors (Lipinski definition) is 3. The molecule has 3 N–H and O–H groups in total. The van der Waals surface area contributed by atoms with Gasteiger partial charge in [0.1, 0.15) is 0 Å². The Labute approximate surface area is 122 Å². The number of carbonyl (C=O) groups is 2. The number of hydrogen-bond acceptors (Lipinski definition) is 3. The molecule has 2 amide bonds. The molecular weight excluding hydrogens is 276 g/mol. The quantitative estimate of drug-likeness (QED) is 0.798. The fourth-order valence-corrected chi connectivity index (χ4v) is 3.13. The summed E-state index contributed by atoms with van der Waals surface area (Å²) in [6.07, 6.45) is 3.06. The first-order valence-corrected chi connectivity index (χ1v) is 7.76. The second-order valence-electron chi connectivity index (χ2n) is 5.59. The van der Waals surface area contributed by atoms with Gasteiger partial charge < -0.3 is 15.7 Å². The maximum absolute atomic E-state index is 11.8. The second-order valence-corrected chi connectivity index (χ2v) is 6.37. The van der Waals surface area contributed by atoms with Gasteiger partial charge in [0.25, 0.3) is 0 Å². The molecule has 0 saturated heterocycles. The van der Waals surface area contributed by atoms with Crippen molar-refractivity contribution in [3.8, 4) is 0 Å². The van der Waals surface area contributed by atoms with Crippen LogP contribution in [0.4, 0.5) is 10.5 Å². The van der Waals surface area contributed by atoms with Gasteiger partial charge in [-0.2, -0.15) is 11.3 Å². The summed E-state index contributed by atoms with van der Waals surface area (Å²) in [6.45, 7) is 2.33. The summed E-state index contributed by atoms with van der Waals surface area (Å²) in [5.74, 6) is -0.234. The lowest BCUT2D eigenvalue weighted by Crippen LogP contribution is -2.46. The van der Waals surface area contributed by atoms with Crippen LogP contribution in [0.25, 0.3) is 0 Å². The summed E-state index contributed by atoms with van der Waals surface area (Å²) in [4.78, 5) is 23.3. The summed E-state index contributed by atoms with van der Waals surface area (Å²) < 4.78 is 0. The molecule has 6 heteroatoms. The Balaban J connectivity index is 1.89. The molecule has 1 heterocycles. The highest BCUT2D eigenvalue weighted by atomic mass is 32.1. The van der Waals surface area contributed by atoms with E-state index in [2.05, 4.69) is 17.6 Å². The highest BCUT2D eigenvalue weighted by Gasteiger charge is 2.41. The number of carbonyl (C=O) groups excluding carboxylic acids is 1. The summed E-state index contributed by atoms with van der Waals surface area (Å²) in [5, 5.41) is 18.6. The van der Waals surface area contributed by atoms with Gasteiger partial charge in [0, 0.05) is 11.9 Å². The lowest BCUT2D eigenvalue weighted by Gasteiger charge is -2.35. The predicted molar refractivity (Wildman–Crippen MR) is 79.0 cm³/mol. The molecule has 2 rings (SSSR count).